The highest BCUT2D eigenvalue weighted by atomic mass is 32.1. The Kier molecular flexibility index (Phi) is 3.43. The summed E-state index contributed by atoms with van der Waals surface area (Å²) in [6.45, 7) is 1.10. The number of aliphatic hydroxyl groups excluding tert-OH is 1. The predicted octanol–water partition coefficient (Wildman–Crippen LogP) is -0.524. The van der Waals surface area contributed by atoms with Crippen LogP contribution < -0.4 is 5.32 Å². The highest BCUT2D eigenvalue weighted by molar-refractivity contribution is 7.80. The summed E-state index contributed by atoms with van der Waals surface area (Å²) in [5.74, 6) is 0.0259. The topological polar surface area (TPSA) is 52.6 Å². The quantitative estimate of drug-likeness (QED) is 0.460. The van der Waals surface area contributed by atoms with Gasteiger partial charge in [0.1, 0.15) is 0 Å². The second kappa shape index (κ2) is 4.37. The molecule has 1 saturated heterocycles. The minimum atomic E-state index is 0.0259. The summed E-state index contributed by atoms with van der Waals surface area (Å²) >= 11 is 4.90. The minimum Gasteiger partial charge on any atom is -0.396 e. The smallest absolute Gasteiger partial charge is 0.248 e. The second-order valence-electron chi connectivity index (χ2n) is 2.63. The fourth-order valence-corrected chi connectivity index (χ4v) is 1.33. The summed E-state index contributed by atoms with van der Waals surface area (Å²) in [7, 11) is 0. The molecule has 1 heterocycles. The van der Waals surface area contributed by atoms with E-state index < -0.39 is 0 Å². The maximum atomic E-state index is 11.1. The first-order chi connectivity index (χ1) is 5.75. The minimum absolute atomic E-state index is 0.0259. The lowest BCUT2D eigenvalue weighted by Crippen LogP contribution is -2.31. The zero-order valence-electron chi connectivity index (χ0n) is 6.75. The molecule has 0 aromatic carbocycles. The zero-order chi connectivity index (χ0) is 8.97. The fourth-order valence-electron chi connectivity index (χ4n) is 1.06. The molecule has 2 N–H and O–H groups in total. The number of rotatable bonds is 4. The second-order valence-corrected chi connectivity index (χ2v) is 3.02. The van der Waals surface area contributed by atoms with E-state index in [9.17, 15) is 4.79 Å². The molecular weight excluding hydrogens is 176 g/mol. The molecule has 0 saturated carbocycles. The maximum absolute atomic E-state index is 11.1. The maximum Gasteiger partial charge on any atom is 0.248 e. The summed E-state index contributed by atoms with van der Waals surface area (Å²) in [5.41, 5.74) is 0. The van der Waals surface area contributed by atoms with Crippen molar-refractivity contribution in [2.75, 3.05) is 19.7 Å². The largest absolute Gasteiger partial charge is 0.396 e. The summed E-state index contributed by atoms with van der Waals surface area (Å²) in [4.78, 5) is 12.6. The van der Waals surface area contributed by atoms with Gasteiger partial charge < -0.3 is 10.4 Å². The Morgan fingerprint density at radius 2 is 2.33 bits per heavy atom. The van der Waals surface area contributed by atoms with Crippen LogP contribution in [0, 0.1) is 0 Å². The molecule has 12 heavy (non-hydrogen) atoms. The van der Waals surface area contributed by atoms with Crippen LogP contribution in [0.25, 0.3) is 0 Å². The Morgan fingerprint density at radius 1 is 1.58 bits per heavy atom. The Balaban J connectivity index is 2.30. The van der Waals surface area contributed by atoms with Gasteiger partial charge in [-0.2, -0.15) is 0 Å². The lowest BCUT2D eigenvalue weighted by molar-refractivity contribution is -0.124. The van der Waals surface area contributed by atoms with Gasteiger partial charge >= 0.3 is 0 Å². The number of hydrogen-bond donors (Lipinski definition) is 2. The summed E-state index contributed by atoms with van der Waals surface area (Å²) in [6, 6.07) is 0. The molecule has 0 radical (unpaired) electrons. The van der Waals surface area contributed by atoms with Gasteiger partial charge in [0.15, 0.2) is 5.11 Å². The number of nitrogens with one attached hydrogen (secondary N) is 1. The third-order valence-electron chi connectivity index (χ3n) is 1.73. The van der Waals surface area contributed by atoms with Crippen LogP contribution >= 0.6 is 12.2 Å². The Morgan fingerprint density at radius 3 is 2.83 bits per heavy atom. The Labute approximate surface area is 76.5 Å². The Bertz CT molecular complexity index is 180. The molecule has 0 aliphatic carbocycles. The molecule has 0 unspecified atom stereocenters. The van der Waals surface area contributed by atoms with Crippen LogP contribution in [0.1, 0.15) is 12.8 Å². The van der Waals surface area contributed by atoms with Gasteiger partial charge in [-0.25, -0.2) is 0 Å². The summed E-state index contributed by atoms with van der Waals surface area (Å²) in [6.07, 6.45) is 1.51. The van der Waals surface area contributed by atoms with Crippen molar-refractivity contribution >= 4 is 23.2 Å². The number of unbranched alkanes of at least 4 members (excludes halogenated alkanes) is 1. The summed E-state index contributed by atoms with van der Waals surface area (Å²) in [5, 5.41) is 11.8. The molecular formula is C7H12N2O2S. The molecule has 0 aromatic rings. The molecule has 1 fully saturated rings. The van der Waals surface area contributed by atoms with E-state index in [1.165, 1.54) is 0 Å². The van der Waals surface area contributed by atoms with Crippen LogP contribution in [-0.4, -0.2) is 40.7 Å². The van der Waals surface area contributed by atoms with Crippen LogP contribution in [0.2, 0.25) is 0 Å². The molecule has 0 atom stereocenters. The van der Waals surface area contributed by atoms with E-state index in [0.717, 1.165) is 6.42 Å². The van der Waals surface area contributed by atoms with Crippen LogP contribution in [-0.2, 0) is 4.79 Å². The fraction of sp³-hybridized carbons (Fsp3) is 0.714. The van der Waals surface area contributed by atoms with Gasteiger partial charge in [0.2, 0.25) is 5.91 Å². The highest BCUT2D eigenvalue weighted by Crippen LogP contribution is 2.01. The number of aliphatic hydroxyl groups is 1. The molecule has 0 bridgehead atoms. The predicted molar refractivity (Wildman–Crippen MR) is 48.6 cm³/mol. The van der Waals surface area contributed by atoms with E-state index in [2.05, 4.69) is 5.32 Å². The van der Waals surface area contributed by atoms with Gasteiger partial charge in [0, 0.05) is 13.2 Å². The number of amides is 1. The third-order valence-corrected chi connectivity index (χ3v) is 2.09. The van der Waals surface area contributed by atoms with Crippen molar-refractivity contribution < 1.29 is 9.90 Å². The van der Waals surface area contributed by atoms with Crippen molar-refractivity contribution in [2.45, 2.75) is 12.8 Å². The lowest BCUT2D eigenvalue weighted by Gasteiger charge is -2.13. The molecule has 0 aromatic heterocycles. The molecule has 68 valence electrons. The third kappa shape index (κ3) is 2.15. The molecule has 1 rings (SSSR count). The van der Waals surface area contributed by atoms with Crippen molar-refractivity contribution in [1.82, 2.24) is 10.2 Å². The molecule has 0 spiro atoms. The number of carbonyl (C=O) groups is 1. The van der Waals surface area contributed by atoms with Crippen molar-refractivity contribution in [3.63, 3.8) is 0 Å². The Hall–Kier alpha value is -0.680. The number of thiocarbonyl (C=S) groups is 1. The average molecular weight is 188 g/mol. The van der Waals surface area contributed by atoms with Crippen LogP contribution in [0.5, 0.6) is 0 Å². The monoisotopic (exact) mass is 188 g/mol. The van der Waals surface area contributed by atoms with Crippen LogP contribution in [0.15, 0.2) is 0 Å². The zero-order valence-corrected chi connectivity index (χ0v) is 7.56. The van der Waals surface area contributed by atoms with Crippen molar-refractivity contribution in [3.8, 4) is 0 Å². The molecule has 1 aliphatic rings. The van der Waals surface area contributed by atoms with E-state index in [1.54, 1.807) is 4.90 Å². The van der Waals surface area contributed by atoms with Gasteiger partial charge in [0.05, 0.1) is 6.54 Å². The van der Waals surface area contributed by atoms with Gasteiger partial charge in [-0.3, -0.25) is 9.69 Å². The first kappa shape index (κ1) is 9.41. The average Bonchev–Trinajstić information content (AvgIpc) is 2.35. The normalized spacial score (nSPS) is 16.9. The standard InChI is InChI=1S/C7H12N2O2S/c10-4-2-1-3-9-6(11)5-8-7(9)12/h10H,1-5H2,(H,8,12). The van der Waals surface area contributed by atoms with Gasteiger partial charge in [0.25, 0.3) is 0 Å². The van der Waals surface area contributed by atoms with E-state index in [4.69, 9.17) is 17.3 Å². The SMILES string of the molecule is O=C1CNC(=S)N1CCCCO. The van der Waals surface area contributed by atoms with Crippen LogP contribution in [0.3, 0.4) is 0 Å². The molecule has 1 aliphatic heterocycles. The van der Waals surface area contributed by atoms with Gasteiger partial charge in [-0.1, -0.05) is 0 Å². The first-order valence-corrected chi connectivity index (χ1v) is 4.35. The van der Waals surface area contributed by atoms with Crippen LogP contribution in [0.4, 0.5) is 0 Å². The summed E-state index contributed by atoms with van der Waals surface area (Å²) < 4.78 is 0. The van der Waals surface area contributed by atoms with Gasteiger partial charge in [-0.05, 0) is 25.1 Å². The lowest BCUT2D eigenvalue weighted by atomic mass is 10.3. The van der Waals surface area contributed by atoms with Crippen molar-refractivity contribution in [3.05, 3.63) is 0 Å². The molecule has 5 heteroatoms. The number of carbonyl (C=O) groups excluding carboxylic acids is 1. The van der Waals surface area contributed by atoms with Gasteiger partial charge in [-0.15, -0.1) is 0 Å². The van der Waals surface area contributed by atoms with E-state index in [1.807, 2.05) is 0 Å². The molecule has 4 nitrogen and oxygen atoms in total. The number of nitrogens with zero attached hydrogens (tertiary/aromatic N) is 1. The highest BCUT2D eigenvalue weighted by Gasteiger charge is 2.23. The first-order valence-electron chi connectivity index (χ1n) is 3.95. The van der Waals surface area contributed by atoms with Crippen molar-refractivity contribution in [1.29, 1.82) is 0 Å². The van der Waals surface area contributed by atoms with E-state index >= 15 is 0 Å². The van der Waals surface area contributed by atoms with E-state index in [-0.39, 0.29) is 12.5 Å². The number of hydrogen-bond acceptors (Lipinski definition) is 3. The van der Waals surface area contributed by atoms with Crippen molar-refractivity contribution in [2.24, 2.45) is 0 Å². The molecule has 1 amide bonds. The van der Waals surface area contributed by atoms with E-state index in [0.29, 0.717) is 24.6 Å².